The van der Waals surface area contributed by atoms with Crippen molar-refractivity contribution in [3.8, 4) is 0 Å². The molecule has 0 aromatic carbocycles. The van der Waals surface area contributed by atoms with Crippen LogP contribution in [0.3, 0.4) is 0 Å². The number of carboxylic acids is 1. The van der Waals surface area contributed by atoms with Crippen molar-refractivity contribution in [3.05, 3.63) is 0 Å². The quantitative estimate of drug-likeness (QED) is 0.586. The summed E-state index contributed by atoms with van der Waals surface area (Å²) in [7, 11) is 0. The zero-order chi connectivity index (χ0) is 11.3. The lowest BCUT2D eigenvalue weighted by Gasteiger charge is -2.18. The van der Waals surface area contributed by atoms with Crippen molar-refractivity contribution >= 4 is 11.9 Å². The summed E-state index contributed by atoms with van der Waals surface area (Å²) in [6.07, 6.45) is -0.709. The number of hydrogen-bond donors (Lipinski definition) is 3. The minimum absolute atomic E-state index is 0.00329. The molecule has 0 aliphatic carbocycles. The molecule has 0 spiro atoms. The highest BCUT2D eigenvalue weighted by Gasteiger charge is 2.21. The first-order chi connectivity index (χ1) is 6.34. The van der Waals surface area contributed by atoms with Gasteiger partial charge in [-0.15, -0.1) is 0 Å². The molecule has 0 fully saturated rings. The minimum Gasteiger partial charge on any atom is -0.481 e. The van der Waals surface area contributed by atoms with Crippen LogP contribution in [0.1, 0.15) is 27.2 Å². The highest BCUT2D eigenvalue weighted by molar-refractivity contribution is 5.78. The fourth-order valence-corrected chi connectivity index (χ4v) is 0.920. The lowest BCUT2D eigenvalue weighted by molar-refractivity contribution is -0.142. The van der Waals surface area contributed by atoms with E-state index in [0.29, 0.717) is 0 Å². The summed E-state index contributed by atoms with van der Waals surface area (Å²) >= 11 is 0. The molecule has 0 saturated carbocycles. The van der Waals surface area contributed by atoms with Gasteiger partial charge in [0.1, 0.15) is 0 Å². The molecule has 0 rings (SSSR count). The second-order valence-electron chi connectivity index (χ2n) is 3.54. The van der Waals surface area contributed by atoms with Crippen molar-refractivity contribution in [2.24, 2.45) is 5.92 Å². The monoisotopic (exact) mass is 203 g/mol. The molecule has 1 unspecified atom stereocenters. The Morgan fingerprint density at radius 2 is 1.79 bits per heavy atom. The van der Waals surface area contributed by atoms with Crippen LogP contribution < -0.4 is 5.32 Å². The van der Waals surface area contributed by atoms with E-state index in [1.807, 2.05) is 0 Å². The lowest BCUT2D eigenvalue weighted by Crippen LogP contribution is -2.40. The third kappa shape index (κ3) is 4.81. The molecular formula is C9H17NO4. The SMILES string of the molecule is CC(NC(=O)C[C@@H](C)O)[C@@H](C)C(=O)O. The van der Waals surface area contributed by atoms with Gasteiger partial charge >= 0.3 is 5.97 Å². The Morgan fingerprint density at radius 1 is 1.29 bits per heavy atom. The standard InChI is InChI=1S/C9H17NO4/c1-5(11)4-8(12)10-7(3)6(2)9(13)14/h5-7,11H,4H2,1-3H3,(H,10,12)(H,13,14)/t5-,6-,7?/m1/s1. The minimum atomic E-state index is -0.949. The number of nitrogens with one attached hydrogen (secondary N) is 1. The lowest BCUT2D eigenvalue weighted by atomic mass is 10.0. The highest BCUT2D eigenvalue weighted by Crippen LogP contribution is 2.02. The van der Waals surface area contributed by atoms with Gasteiger partial charge in [-0.1, -0.05) is 0 Å². The highest BCUT2D eigenvalue weighted by atomic mass is 16.4. The molecule has 14 heavy (non-hydrogen) atoms. The van der Waals surface area contributed by atoms with Crippen LogP contribution in [0.25, 0.3) is 0 Å². The summed E-state index contributed by atoms with van der Waals surface area (Å²) in [6, 6.07) is -0.432. The number of rotatable bonds is 5. The second-order valence-corrected chi connectivity index (χ2v) is 3.54. The summed E-state index contributed by atoms with van der Waals surface area (Å²) in [4.78, 5) is 21.7. The summed E-state index contributed by atoms with van der Waals surface area (Å²) < 4.78 is 0. The maximum Gasteiger partial charge on any atom is 0.308 e. The first-order valence-corrected chi connectivity index (χ1v) is 4.54. The van der Waals surface area contributed by atoms with E-state index < -0.39 is 24.0 Å². The molecule has 0 aromatic heterocycles. The van der Waals surface area contributed by atoms with E-state index in [2.05, 4.69) is 5.32 Å². The molecule has 0 aliphatic heterocycles. The molecule has 0 saturated heterocycles. The van der Waals surface area contributed by atoms with Crippen molar-refractivity contribution in [1.29, 1.82) is 0 Å². The van der Waals surface area contributed by atoms with Gasteiger partial charge in [0.25, 0.3) is 0 Å². The number of carbonyl (C=O) groups is 2. The van der Waals surface area contributed by atoms with Crippen LogP contribution in [0.2, 0.25) is 0 Å². The summed E-state index contributed by atoms with van der Waals surface area (Å²) in [5, 5.41) is 20.1. The first kappa shape index (κ1) is 12.9. The van der Waals surface area contributed by atoms with Crippen LogP contribution in [0.4, 0.5) is 0 Å². The Bertz CT molecular complexity index is 215. The van der Waals surface area contributed by atoms with Crippen LogP contribution in [-0.4, -0.2) is 34.2 Å². The van der Waals surface area contributed by atoms with Crippen molar-refractivity contribution in [2.75, 3.05) is 0 Å². The molecular weight excluding hydrogens is 186 g/mol. The summed E-state index contributed by atoms with van der Waals surface area (Å²) in [5.74, 6) is -1.91. The second kappa shape index (κ2) is 5.59. The van der Waals surface area contributed by atoms with E-state index in [-0.39, 0.29) is 12.3 Å². The van der Waals surface area contributed by atoms with Crippen molar-refractivity contribution < 1.29 is 19.8 Å². The average Bonchev–Trinajstić information content (AvgIpc) is 2.00. The van der Waals surface area contributed by atoms with Gasteiger partial charge in [0.15, 0.2) is 0 Å². The van der Waals surface area contributed by atoms with Crippen LogP contribution in [0.15, 0.2) is 0 Å². The number of aliphatic carboxylic acids is 1. The van der Waals surface area contributed by atoms with Gasteiger partial charge in [-0.25, -0.2) is 0 Å². The smallest absolute Gasteiger partial charge is 0.308 e. The number of aliphatic hydroxyl groups excluding tert-OH is 1. The number of amides is 1. The van der Waals surface area contributed by atoms with Crippen molar-refractivity contribution in [1.82, 2.24) is 5.32 Å². The molecule has 1 amide bonds. The van der Waals surface area contributed by atoms with Crippen LogP contribution in [0.5, 0.6) is 0 Å². The predicted octanol–water partition coefficient (Wildman–Crippen LogP) is -0.0173. The zero-order valence-electron chi connectivity index (χ0n) is 8.65. The maximum atomic E-state index is 11.1. The maximum absolute atomic E-state index is 11.1. The number of hydrogen-bond acceptors (Lipinski definition) is 3. The van der Waals surface area contributed by atoms with E-state index in [1.54, 1.807) is 6.92 Å². The van der Waals surface area contributed by atoms with E-state index in [1.165, 1.54) is 13.8 Å². The molecule has 5 nitrogen and oxygen atoms in total. The molecule has 3 atom stereocenters. The third-order valence-corrected chi connectivity index (χ3v) is 2.01. The van der Waals surface area contributed by atoms with Gasteiger partial charge in [-0.3, -0.25) is 9.59 Å². The van der Waals surface area contributed by atoms with Crippen molar-refractivity contribution in [3.63, 3.8) is 0 Å². The van der Waals surface area contributed by atoms with Crippen LogP contribution >= 0.6 is 0 Å². The number of carboxylic acid groups (broad SMARTS) is 1. The zero-order valence-corrected chi connectivity index (χ0v) is 8.65. The Kier molecular flexibility index (Phi) is 5.15. The predicted molar refractivity (Wildman–Crippen MR) is 50.7 cm³/mol. The average molecular weight is 203 g/mol. The number of aliphatic hydroxyl groups is 1. The van der Waals surface area contributed by atoms with Gasteiger partial charge in [-0.2, -0.15) is 0 Å². The Morgan fingerprint density at radius 3 is 2.14 bits per heavy atom. The van der Waals surface area contributed by atoms with E-state index in [0.717, 1.165) is 0 Å². The molecule has 82 valence electrons. The largest absolute Gasteiger partial charge is 0.481 e. The Labute approximate surface area is 83.1 Å². The van der Waals surface area contributed by atoms with E-state index >= 15 is 0 Å². The normalized spacial score (nSPS) is 16.9. The Hall–Kier alpha value is -1.10. The van der Waals surface area contributed by atoms with Crippen molar-refractivity contribution in [2.45, 2.75) is 39.3 Å². The van der Waals surface area contributed by atoms with Gasteiger partial charge in [0, 0.05) is 6.04 Å². The van der Waals surface area contributed by atoms with Gasteiger partial charge in [0.05, 0.1) is 18.4 Å². The first-order valence-electron chi connectivity index (χ1n) is 4.54. The van der Waals surface area contributed by atoms with Crippen LogP contribution in [0, 0.1) is 5.92 Å². The molecule has 0 aromatic rings. The van der Waals surface area contributed by atoms with E-state index in [9.17, 15) is 9.59 Å². The van der Waals surface area contributed by atoms with Gasteiger partial charge < -0.3 is 15.5 Å². The summed E-state index contributed by atoms with van der Waals surface area (Å²) in [5.41, 5.74) is 0. The van der Waals surface area contributed by atoms with Gasteiger partial charge in [-0.05, 0) is 20.8 Å². The molecule has 0 radical (unpaired) electrons. The van der Waals surface area contributed by atoms with Gasteiger partial charge in [0.2, 0.25) is 5.91 Å². The molecule has 0 heterocycles. The molecule has 5 heteroatoms. The topological polar surface area (TPSA) is 86.6 Å². The summed E-state index contributed by atoms with van der Waals surface area (Å²) in [6.45, 7) is 4.65. The fourth-order valence-electron chi connectivity index (χ4n) is 0.920. The Balaban J connectivity index is 3.99. The number of carbonyl (C=O) groups excluding carboxylic acids is 1. The van der Waals surface area contributed by atoms with Crippen LogP contribution in [-0.2, 0) is 9.59 Å². The van der Waals surface area contributed by atoms with E-state index in [4.69, 9.17) is 10.2 Å². The third-order valence-electron chi connectivity index (χ3n) is 2.01. The molecule has 0 bridgehead atoms. The molecule has 3 N–H and O–H groups in total. The fraction of sp³-hybridized carbons (Fsp3) is 0.778. The molecule has 0 aliphatic rings.